The van der Waals surface area contributed by atoms with Gasteiger partial charge in [0, 0.05) is 5.56 Å². The Labute approximate surface area is 90.3 Å². The summed E-state index contributed by atoms with van der Waals surface area (Å²) in [6.07, 6.45) is 0.477. The maximum absolute atomic E-state index is 10.6. The Morgan fingerprint density at radius 1 is 1.64 bits per heavy atom. The molecule has 14 heavy (non-hydrogen) atoms. The smallest absolute Gasteiger partial charge is 0.332 e. The van der Waals surface area contributed by atoms with Gasteiger partial charge >= 0.3 is 5.97 Å². The molecule has 0 saturated carbocycles. The number of thiophene rings is 1. The van der Waals surface area contributed by atoms with Crippen molar-refractivity contribution >= 4 is 28.9 Å². The molecule has 1 fully saturated rings. The van der Waals surface area contributed by atoms with Crippen LogP contribution in [0.5, 0.6) is 0 Å². The van der Waals surface area contributed by atoms with E-state index >= 15 is 0 Å². The van der Waals surface area contributed by atoms with Gasteiger partial charge in [0.25, 0.3) is 0 Å². The van der Waals surface area contributed by atoms with Gasteiger partial charge in [0.1, 0.15) is 0 Å². The van der Waals surface area contributed by atoms with Crippen molar-refractivity contribution in [1.29, 1.82) is 0 Å². The van der Waals surface area contributed by atoms with Crippen molar-refractivity contribution in [3.05, 3.63) is 21.3 Å². The number of ether oxygens (including phenoxy) is 1. The van der Waals surface area contributed by atoms with Gasteiger partial charge in [-0.1, -0.05) is 11.6 Å². The molecule has 5 heteroatoms. The normalized spacial score (nSPS) is 26.6. The zero-order valence-corrected chi connectivity index (χ0v) is 8.85. The summed E-state index contributed by atoms with van der Waals surface area (Å²) in [5, 5.41) is 10.6. The molecule has 0 bridgehead atoms. The van der Waals surface area contributed by atoms with E-state index in [0.717, 1.165) is 12.0 Å². The first-order valence-corrected chi connectivity index (χ1v) is 5.55. The molecule has 1 aromatic heterocycles. The van der Waals surface area contributed by atoms with Crippen LogP contribution in [0.3, 0.4) is 0 Å². The standard InChI is InChI=1S/C9H9ClO3S/c10-8-5(3-4-14-8)6-1-2-7(13-6)9(11)12/h3-4,6-7H,1-2H2,(H,11,12). The highest BCUT2D eigenvalue weighted by Gasteiger charge is 2.32. The third-order valence-corrected chi connectivity index (χ3v) is 3.49. The molecule has 1 saturated heterocycles. The highest BCUT2D eigenvalue weighted by atomic mass is 35.5. The van der Waals surface area contributed by atoms with Crippen LogP contribution in [0.25, 0.3) is 0 Å². The van der Waals surface area contributed by atoms with Gasteiger partial charge in [0.15, 0.2) is 6.10 Å². The van der Waals surface area contributed by atoms with Gasteiger partial charge in [-0.25, -0.2) is 4.79 Å². The van der Waals surface area contributed by atoms with E-state index in [1.54, 1.807) is 0 Å². The van der Waals surface area contributed by atoms with Crippen molar-refractivity contribution in [2.45, 2.75) is 25.0 Å². The fourth-order valence-electron chi connectivity index (χ4n) is 1.58. The van der Waals surface area contributed by atoms with E-state index in [4.69, 9.17) is 21.4 Å². The second-order valence-corrected chi connectivity index (χ2v) is 4.70. The monoisotopic (exact) mass is 232 g/mol. The fourth-order valence-corrected chi connectivity index (χ4v) is 2.59. The first-order chi connectivity index (χ1) is 6.68. The highest BCUT2D eigenvalue weighted by Crippen LogP contribution is 2.38. The second kappa shape index (κ2) is 3.88. The van der Waals surface area contributed by atoms with Crippen LogP contribution in [0.15, 0.2) is 11.4 Å². The first-order valence-electron chi connectivity index (χ1n) is 4.29. The van der Waals surface area contributed by atoms with Crippen LogP contribution in [0.1, 0.15) is 24.5 Å². The number of carbonyl (C=O) groups is 1. The van der Waals surface area contributed by atoms with E-state index in [9.17, 15) is 4.79 Å². The molecule has 0 aliphatic carbocycles. The van der Waals surface area contributed by atoms with Gasteiger partial charge in [-0.15, -0.1) is 11.3 Å². The Morgan fingerprint density at radius 3 is 2.93 bits per heavy atom. The zero-order chi connectivity index (χ0) is 10.1. The lowest BCUT2D eigenvalue weighted by atomic mass is 10.1. The predicted octanol–water partition coefficient (Wildman–Crippen LogP) is 2.71. The molecule has 0 radical (unpaired) electrons. The highest BCUT2D eigenvalue weighted by molar-refractivity contribution is 7.14. The van der Waals surface area contributed by atoms with Crippen LogP contribution in [0.2, 0.25) is 4.34 Å². The van der Waals surface area contributed by atoms with Crippen LogP contribution in [0.4, 0.5) is 0 Å². The Hall–Kier alpha value is -0.580. The minimum Gasteiger partial charge on any atom is -0.479 e. The molecule has 2 atom stereocenters. The molecule has 3 nitrogen and oxygen atoms in total. The number of halogens is 1. The lowest BCUT2D eigenvalue weighted by Crippen LogP contribution is -2.18. The third-order valence-electron chi connectivity index (χ3n) is 2.29. The van der Waals surface area contributed by atoms with Crippen LogP contribution >= 0.6 is 22.9 Å². The third kappa shape index (κ3) is 1.78. The van der Waals surface area contributed by atoms with Gasteiger partial charge < -0.3 is 9.84 Å². The Kier molecular flexibility index (Phi) is 2.76. The van der Waals surface area contributed by atoms with Crippen molar-refractivity contribution in [2.75, 3.05) is 0 Å². The van der Waals surface area contributed by atoms with E-state index in [1.807, 2.05) is 11.4 Å². The first kappa shape index (κ1) is 9.96. The van der Waals surface area contributed by atoms with Gasteiger partial charge in [0.05, 0.1) is 10.4 Å². The van der Waals surface area contributed by atoms with Crippen molar-refractivity contribution in [3.8, 4) is 0 Å². The number of carboxylic acids is 1. The maximum atomic E-state index is 10.6. The van der Waals surface area contributed by atoms with E-state index in [1.165, 1.54) is 11.3 Å². The zero-order valence-electron chi connectivity index (χ0n) is 7.27. The average Bonchev–Trinajstić information content (AvgIpc) is 2.71. The quantitative estimate of drug-likeness (QED) is 0.853. The van der Waals surface area contributed by atoms with Crippen LogP contribution in [-0.2, 0) is 9.53 Å². The number of carboxylic acid groups (broad SMARTS) is 1. The van der Waals surface area contributed by atoms with Crippen LogP contribution in [0, 0.1) is 0 Å². The predicted molar refractivity (Wildman–Crippen MR) is 53.8 cm³/mol. The number of hydrogen-bond acceptors (Lipinski definition) is 3. The summed E-state index contributed by atoms with van der Waals surface area (Å²) in [6, 6.07) is 1.89. The molecule has 2 heterocycles. The molecular weight excluding hydrogens is 224 g/mol. The number of aliphatic carboxylic acids is 1. The van der Waals surface area contributed by atoms with Gasteiger partial charge in [-0.05, 0) is 24.3 Å². The summed E-state index contributed by atoms with van der Waals surface area (Å²) < 4.78 is 6.07. The molecule has 1 aliphatic rings. The molecule has 1 N–H and O–H groups in total. The lowest BCUT2D eigenvalue weighted by molar-refractivity contribution is -0.149. The average molecular weight is 233 g/mol. The topological polar surface area (TPSA) is 46.5 Å². The summed E-state index contributed by atoms with van der Waals surface area (Å²) >= 11 is 7.38. The van der Waals surface area contributed by atoms with Crippen molar-refractivity contribution in [3.63, 3.8) is 0 Å². The largest absolute Gasteiger partial charge is 0.479 e. The van der Waals surface area contributed by atoms with E-state index in [-0.39, 0.29) is 6.10 Å². The molecule has 0 aromatic carbocycles. The van der Waals surface area contributed by atoms with Gasteiger partial charge in [-0.2, -0.15) is 0 Å². The van der Waals surface area contributed by atoms with Gasteiger partial charge in [0.2, 0.25) is 0 Å². The number of hydrogen-bond donors (Lipinski definition) is 1. The molecule has 0 spiro atoms. The molecule has 1 aromatic rings. The summed E-state index contributed by atoms with van der Waals surface area (Å²) in [5.41, 5.74) is 0.917. The fraction of sp³-hybridized carbons (Fsp3) is 0.444. The van der Waals surface area contributed by atoms with Crippen LogP contribution < -0.4 is 0 Å². The SMILES string of the molecule is O=C(O)C1CCC(c2ccsc2Cl)O1. The maximum Gasteiger partial charge on any atom is 0.332 e. The van der Waals surface area contributed by atoms with Crippen LogP contribution in [-0.4, -0.2) is 17.2 Å². The molecule has 2 rings (SSSR count). The van der Waals surface area contributed by atoms with E-state index in [2.05, 4.69) is 0 Å². The summed E-state index contributed by atoms with van der Waals surface area (Å²) in [7, 11) is 0. The lowest BCUT2D eigenvalue weighted by Gasteiger charge is -2.09. The van der Waals surface area contributed by atoms with Crippen molar-refractivity contribution in [2.24, 2.45) is 0 Å². The Morgan fingerprint density at radius 2 is 2.43 bits per heavy atom. The molecule has 2 unspecified atom stereocenters. The molecule has 0 amide bonds. The van der Waals surface area contributed by atoms with Gasteiger partial charge in [-0.3, -0.25) is 0 Å². The van der Waals surface area contributed by atoms with E-state index < -0.39 is 12.1 Å². The Balaban J connectivity index is 2.10. The van der Waals surface area contributed by atoms with Crippen molar-refractivity contribution in [1.82, 2.24) is 0 Å². The van der Waals surface area contributed by atoms with Crippen molar-refractivity contribution < 1.29 is 14.6 Å². The minimum absolute atomic E-state index is 0.144. The summed E-state index contributed by atoms with van der Waals surface area (Å²) in [6.45, 7) is 0. The molecular formula is C9H9ClO3S. The molecule has 76 valence electrons. The minimum atomic E-state index is -0.890. The van der Waals surface area contributed by atoms with E-state index in [0.29, 0.717) is 10.8 Å². The molecule has 1 aliphatic heterocycles. The summed E-state index contributed by atoms with van der Waals surface area (Å²) in [4.78, 5) is 10.6. The Bertz CT molecular complexity index is 350. The second-order valence-electron chi connectivity index (χ2n) is 3.18. The number of rotatable bonds is 2. The summed E-state index contributed by atoms with van der Waals surface area (Å²) in [5.74, 6) is -0.890.